The normalized spacial score (nSPS) is 10.5. The van der Waals surface area contributed by atoms with Crippen LogP contribution >= 0.6 is 23.3 Å². The molecule has 0 saturated carbocycles. The summed E-state index contributed by atoms with van der Waals surface area (Å²) in [5.74, 6) is 2.15. The number of nitrogens with zero attached hydrogens (tertiary/aromatic N) is 3. The van der Waals surface area contributed by atoms with E-state index in [4.69, 9.17) is 0 Å². The molecule has 0 aliphatic rings. The molecule has 17 heavy (non-hydrogen) atoms. The number of hydrogen-bond donors (Lipinski definition) is 0. The highest BCUT2D eigenvalue weighted by Gasteiger charge is 2.05. The summed E-state index contributed by atoms with van der Waals surface area (Å²) in [4.78, 5) is 17.3. The van der Waals surface area contributed by atoms with Crippen molar-refractivity contribution in [1.82, 2.24) is 14.3 Å². The summed E-state index contributed by atoms with van der Waals surface area (Å²) in [6, 6.07) is 0. The molecular weight excluding hydrogens is 254 g/mol. The number of rotatable bonds is 7. The molecule has 96 valence electrons. The van der Waals surface area contributed by atoms with E-state index >= 15 is 0 Å². The first-order chi connectivity index (χ1) is 8.13. The van der Waals surface area contributed by atoms with Crippen molar-refractivity contribution in [3.63, 3.8) is 0 Å². The van der Waals surface area contributed by atoms with Gasteiger partial charge in [0.05, 0.1) is 0 Å². The maximum atomic E-state index is 11.3. The Hall–Kier alpha value is -0.620. The van der Waals surface area contributed by atoms with Gasteiger partial charge in [-0.1, -0.05) is 18.7 Å². The Morgan fingerprint density at radius 2 is 2.18 bits per heavy atom. The van der Waals surface area contributed by atoms with E-state index in [1.165, 1.54) is 11.5 Å². The molecule has 0 spiro atoms. The van der Waals surface area contributed by atoms with Gasteiger partial charge in [-0.25, -0.2) is 4.98 Å². The smallest absolute Gasteiger partial charge is 0.222 e. The van der Waals surface area contributed by atoms with Crippen LogP contribution in [-0.2, 0) is 11.2 Å². The lowest BCUT2D eigenvalue weighted by atomic mass is 10.2. The summed E-state index contributed by atoms with van der Waals surface area (Å²) in [5.41, 5.74) is 0. The lowest BCUT2D eigenvalue weighted by Gasteiger charge is -2.09. The summed E-state index contributed by atoms with van der Waals surface area (Å²) in [6.07, 6.45) is 3.53. The predicted octanol–water partition coefficient (Wildman–Crippen LogP) is 2.45. The van der Waals surface area contributed by atoms with E-state index in [0.29, 0.717) is 6.42 Å². The second kappa shape index (κ2) is 7.66. The highest BCUT2D eigenvalue weighted by molar-refractivity contribution is 8.00. The molecule has 0 radical (unpaired) electrons. The number of carbonyl (C=O) groups is 1. The standard InChI is InChI=1S/C11H19N3OS2/c1-4-9-12-11(17-13-9)16-8-6-5-7-10(15)14(2)3/h4-8H2,1-3H3. The fraction of sp³-hybridized carbons (Fsp3) is 0.727. The number of hydrogen-bond acceptors (Lipinski definition) is 5. The predicted molar refractivity (Wildman–Crippen MR) is 72.6 cm³/mol. The van der Waals surface area contributed by atoms with E-state index in [-0.39, 0.29) is 5.91 Å². The van der Waals surface area contributed by atoms with Gasteiger partial charge in [0, 0.05) is 32.7 Å². The van der Waals surface area contributed by atoms with Crippen LogP contribution < -0.4 is 0 Å². The van der Waals surface area contributed by atoms with Crippen LogP contribution in [0.5, 0.6) is 0 Å². The lowest BCUT2D eigenvalue weighted by Crippen LogP contribution is -2.21. The van der Waals surface area contributed by atoms with E-state index in [1.807, 2.05) is 0 Å². The van der Waals surface area contributed by atoms with E-state index in [1.54, 1.807) is 30.8 Å². The molecule has 4 nitrogen and oxygen atoms in total. The number of aryl methyl sites for hydroxylation is 1. The molecule has 0 saturated heterocycles. The van der Waals surface area contributed by atoms with Crippen molar-refractivity contribution in [1.29, 1.82) is 0 Å². The summed E-state index contributed by atoms with van der Waals surface area (Å²) in [7, 11) is 3.59. The third-order valence-electron chi connectivity index (χ3n) is 2.28. The van der Waals surface area contributed by atoms with E-state index in [0.717, 1.165) is 35.2 Å². The average Bonchev–Trinajstić information content (AvgIpc) is 2.76. The average molecular weight is 273 g/mol. The number of unbranched alkanes of at least 4 members (excludes halogenated alkanes) is 1. The first kappa shape index (κ1) is 14.4. The molecule has 1 aromatic heterocycles. The Bertz CT molecular complexity index is 352. The van der Waals surface area contributed by atoms with E-state index < -0.39 is 0 Å². The van der Waals surface area contributed by atoms with Gasteiger partial charge in [-0.05, 0) is 24.4 Å². The second-order valence-electron chi connectivity index (χ2n) is 3.92. The van der Waals surface area contributed by atoms with Gasteiger partial charge in [-0.15, -0.1) is 0 Å². The SMILES string of the molecule is CCc1nsc(SCCCCC(=O)N(C)C)n1. The van der Waals surface area contributed by atoms with Crippen LogP contribution in [0, 0.1) is 0 Å². The number of carbonyl (C=O) groups excluding carboxylic acids is 1. The zero-order chi connectivity index (χ0) is 12.7. The van der Waals surface area contributed by atoms with Gasteiger partial charge in [0.15, 0.2) is 4.34 Å². The van der Waals surface area contributed by atoms with Crippen molar-refractivity contribution in [2.75, 3.05) is 19.8 Å². The topological polar surface area (TPSA) is 46.1 Å². The van der Waals surface area contributed by atoms with Gasteiger partial charge in [-0.2, -0.15) is 4.37 Å². The van der Waals surface area contributed by atoms with Crippen LogP contribution in [0.4, 0.5) is 0 Å². The second-order valence-corrected chi connectivity index (χ2v) is 6.02. The zero-order valence-corrected chi connectivity index (χ0v) is 12.2. The largest absolute Gasteiger partial charge is 0.349 e. The summed E-state index contributed by atoms with van der Waals surface area (Å²) >= 11 is 3.21. The van der Waals surface area contributed by atoms with Crippen LogP contribution in [-0.4, -0.2) is 40.0 Å². The molecule has 0 aliphatic heterocycles. The van der Waals surface area contributed by atoms with Gasteiger partial charge in [0.25, 0.3) is 0 Å². The van der Waals surface area contributed by atoms with Crippen molar-refractivity contribution in [3.8, 4) is 0 Å². The van der Waals surface area contributed by atoms with Crippen molar-refractivity contribution in [2.45, 2.75) is 36.9 Å². The Morgan fingerprint density at radius 1 is 1.41 bits per heavy atom. The molecule has 0 aromatic carbocycles. The van der Waals surface area contributed by atoms with E-state index in [9.17, 15) is 4.79 Å². The molecule has 0 atom stereocenters. The van der Waals surface area contributed by atoms with Crippen LogP contribution in [0.2, 0.25) is 0 Å². The number of amides is 1. The Kier molecular flexibility index (Phi) is 6.50. The summed E-state index contributed by atoms with van der Waals surface area (Å²) in [5, 5.41) is 0. The molecule has 1 heterocycles. The van der Waals surface area contributed by atoms with Gasteiger partial charge in [-0.3, -0.25) is 4.79 Å². The molecule has 1 rings (SSSR count). The van der Waals surface area contributed by atoms with Crippen LogP contribution in [0.1, 0.15) is 32.0 Å². The lowest BCUT2D eigenvalue weighted by molar-refractivity contribution is -0.128. The van der Waals surface area contributed by atoms with Crippen molar-refractivity contribution in [2.24, 2.45) is 0 Å². The molecule has 6 heteroatoms. The number of aromatic nitrogens is 2. The van der Waals surface area contributed by atoms with Crippen LogP contribution in [0.25, 0.3) is 0 Å². The monoisotopic (exact) mass is 273 g/mol. The maximum Gasteiger partial charge on any atom is 0.222 e. The molecule has 0 bridgehead atoms. The summed E-state index contributed by atoms with van der Waals surface area (Å²) in [6.45, 7) is 2.06. The maximum absolute atomic E-state index is 11.3. The van der Waals surface area contributed by atoms with Crippen LogP contribution in [0.3, 0.4) is 0 Å². The van der Waals surface area contributed by atoms with Crippen LogP contribution in [0.15, 0.2) is 4.34 Å². The minimum Gasteiger partial charge on any atom is -0.349 e. The third-order valence-corrected chi connectivity index (χ3v) is 4.23. The first-order valence-corrected chi connectivity index (χ1v) is 7.55. The highest BCUT2D eigenvalue weighted by atomic mass is 32.2. The molecule has 0 aliphatic carbocycles. The van der Waals surface area contributed by atoms with Crippen molar-refractivity contribution < 1.29 is 4.79 Å². The molecule has 1 amide bonds. The third kappa shape index (κ3) is 5.50. The molecular formula is C11H19N3OS2. The first-order valence-electron chi connectivity index (χ1n) is 5.79. The molecule has 0 fully saturated rings. The molecule has 1 aromatic rings. The summed E-state index contributed by atoms with van der Waals surface area (Å²) < 4.78 is 5.28. The highest BCUT2D eigenvalue weighted by Crippen LogP contribution is 2.21. The quantitative estimate of drug-likeness (QED) is 0.565. The number of thioether (sulfide) groups is 1. The van der Waals surface area contributed by atoms with E-state index in [2.05, 4.69) is 16.3 Å². The molecule has 0 N–H and O–H groups in total. The van der Waals surface area contributed by atoms with Gasteiger partial charge >= 0.3 is 0 Å². The fourth-order valence-electron chi connectivity index (χ4n) is 1.20. The molecule has 0 unspecified atom stereocenters. The minimum absolute atomic E-state index is 0.208. The van der Waals surface area contributed by atoms with Gasteiger partial charge in [0.1, 0.15) is 5.82 Å². The Morgan fingerprint density at radius 3 is 2.76 bits per heavy atom. The minimum atomic E-state index is 0.208. The Labute approximate surface area is 111 Å². The zero-order valence-electron chi connectivity index (χ0n) is 10.6. The fourth-order valence-corrected chi connectivity index (χ4v) is 2.97. The van der Waals surface area contributed by atoms with Crippen molar-refractivity contribution >= 4 is 29.2 Å². The Balaban J connectivity index is 2.10. The van der Waals surface area contributed by atoms with Gasteiger partial charge in [0.2, 0.25) is 5.91 Å². The van der Waals surface area contributed by atoms with Gasteiger partial charge < -0.3 is 4.90 Å². The van der Waals surface area contributed by atoms with Crippen molar-refractivity contribution in [3.05, 3.63) is 5.82 Å².